The Labute approximate surface area is 126 Å². The molecular formula is C18H21NO2. The summed E-state index contributed by atoms with van der Waals surface area (Å²) >= 11 is 0. The number of methoxy groups -OCH3 is 1. The van der Waals surface area contributed by atoms with E-state index in [0.29, 0.717) is 6.54 Å². The SMILES string of the molecule is COc1ccc(CN(C)C(=O)c2cc(C)ccc2C)cc1. The average Bonchev–Trinajstić information content (AvgIpc) is 2.49. The Morgan fingerprint density at radius 1 is 1.10 bits per heavy atom. The lowest BCUT2D eigenvalue weighted by Crippen LogP contribution is -2.26. The van der Waals surface area contributed by atoms with Crippen molar-refractivity contribution in [3.8, 4) is 5.75 Å². The fourth-order valence-electron chi connectivity index (χ4n) is 2.25. The summed E-state index contributed by atoms with van der Waals surface area (Å²) in [5, 5.41) is 0. The van der Waals surface area contributed by atoms with Crippen LogP contribution in [0.5, 0.6) is 5.75 Å². The molecule has 0 aliphatic carbocycles. The highest BCUT2D eigenvalue weighted by molar-refractivity contribution is 5.95. The molecule has 1 amide bonds. The van der Waals surface area contributed by atoms with Crippen molar-refractivity contribution in [2.45, 2.75) is 20.4 Å². The zero-order valence-corrected chi connectivity index (χ0v) is 13.0. The van der Waals surface area contributed by atoms with Gasteiger partial charge < -0.3 is 9.64 Å². The Hall–Kier alpha value is -2.29. The van der Waals surface area contributed by atoms with Gasteiger partial charge in [-0.1, -0.05) is 29.8 Å². The Bertz CT molecular complexity index is 632. The van der Waals surface area contributed by atoms with Gasteiger partial charge >= 0.3 is 0 Å². The molecule has 0 unspecified atom stereocenters. The lowest BCUT2D eigenvalue weighted by molar-refractivity contribution is 0.0784. The van der Waals surface area contributed by atoms with Gasteiger partial charge in [-0.05, 0) is 43.2 Å². The number of carbonyl (C=O) groups is 1. The largest absolute Gasteiger partial charge is 0.497 e. The van der Waals surface area contributed by atoms with Gasteiger partial charge in [-0.2, -0.15) is 0 Å². The molecule has 21 heavy (non-hydrogen) atoms. The first-order valence-corrected chi connectivity index (χ1v) is 6.97. The van der Waals surface area contributed by atoms with Gasteiger partial charge in [0.1, 0.15) is 5.75 Å². The summed E-state index contributed by atoms with van der Waals surface area (Å²) in [6.45, 7) is 4.55. The van der Waals surface area contributed by atoms with Crippen molar-refractivity contribution in [2.24, 2.45) is 0 Å². The molecule has 3 heteroatoms. The van der Waals surface area contributed by atoms with E-state index in [-0.39, 0.29) is 5.91 Å². The van der Waals surface area contributed by atoms with Crippen LogP contribution in [0.15, 0.2) is 42.5 Å². The van der Waals surface area contributed by atoms with Crippen LogP contribution < -0.4 is 4.74 Å². The average molecular weight is 283 g/mol. The van der Waals surface area contributed by atoms with E-state index in [1.807, 2.05) is 63.4 Å². The second-order valence-electron chi connectivity index (χ2n) is 5.33. The molecule has 110 valence electrons. The summed E-state index contributed by atoms with van der Waals surface area (Å²) in [5.74, 6) is 0.870. The van der Waals surface area contributed by atoms with Crippen LogP contribution >= 0.6 is 0 Å². The van der Waals surface area contributed by atoms with E-state index in [1.54, 1.807) is 12.0 Å². The number of amides is 1. The van der Waals surface area contributed by atoms with Crippen LogP contribution in [0.2, 0.25) is 0 Å². The molecule has 2 rings (SSSR count). The van der Waals surface area contributed by atoms with Gasteiger partial charge in [-0.3, -0.25) is 4.79 Å². The normalized spacial score (nSPS) is 10.3. The quantitative estimate of drug-likeness (QED) is 0.858. The number of hydrogen-bond acceptors (Lipinski definition) is 2. The monoisotopic (exact) mass is 283 g/mol. The van der Waals surface area contributed by atoms with Crippen molar-refractivity contribution in [3.63, 3.8) is 0 Å². The predicted octanol–water partition coefficient (Wildman–Crippen LogP) is 3.58. The van der Waals surface area contributed by atoms with Crippen molar-refractivity contribution in [2.75, 3.05) is 14.2 Å². The van der Waals surface area contributed by atoms with Crippen molar-refractivity contribution >= 4 is 5.91 Å². The molecule has 2 aromatic rings. The highest BCUT2D eigenvalue weighted by Crippen LogP contribution is 2.16. The number of nitrogens with zero attached hydrogens (tertiary/aromatic N) is 1. The maximum absolute atomic E-state index is 12.5. The standard InChI is InChI=1S/C18H21NO2/c1-13-5-6-14(2)17(11-13)18(20)19(3)12-15-7-9-16(21-4)10-8-15/h5-11H,12H2,1-4H3. The molecule has 0 radical (unpaired) electrons. The number of carbonyl (C=O) groups excluding carboxylic acids is 1. The number of rotatable bonds is 4. The van der Waals surface area contributed by atoms with Crippen molar-refractivity contribution < 1.29 is 9.53 Å². The molecule has 2 aromatic carbocycles. The van der Waals surface area contributed by atoms with E-state index in [1.165, 1.54) is 0 Å². The number of ether oxygens (including phenoxy) is 1. The molecule has 0 fully saturated rings. The minimum Gasteiger partial charge on any atom is -0.497 e. The molecule has 0 heterocycles. The molecule has 0 N–H and O–H groups in total. The van der Waals surface area contributed by atoms with Crippen LogP contribution in [0, 0.1) is 13.8 Å². The summed E-state index contributed by atoms with van der Waals surface area (Å²) in [5.41, 5.74) is 3.96. The Kier molecular flexibility index (Phi) is 4.63. The maximum Gasteiger partial charge on any atom is 0.254 e. The van der Waals surface area contributed by atoms with E-state index < -0.39 is 0 Å². The smallest absolute Gasteiger partial charge is 0.254 e. The Morgan fingerprint density at radius 2 is 1.76 bits per heavy atom. The molecule has 0 saturated heterocycles. The van der Waals surface area contributed by atoms with Gasteiger partial charge in [0.25, 0.3) is 5.91 Å². The molecule has 3 nitrogen and oxygen atoms in total. The second-order valence-corrected chi connectivity index (χ2v) is 5.33. The van der Waals surface area contributed by atoms with Gasteiger partial charge in [0.05, 0.1) is 7.11 Å². The first-order chi connectivity index (χ1) is 10.0. The highest BCUT2D eigenvalue weighted by atomic mass is 16.5. The maximum atomic E-state index is 12.5. The first-order valence-electron chi connectivity index (χ1n) is 6.97. The van der Waals surface area contributed by atoms with E-state index in [0.717, 1.165) is 28.0 Å². The van der Waals surface area contributed by atoms with E-state index in [2.05, 4.69) is 0 Å². The predicted molar refractivity (Wildman–Crippen MR) is 84.7 cm³/mol. The van der Waals surface area contributed by atoms with Crippen LogP contribution in [0.25, 0.3) is 0 Å². The zero-order valence-electron chi connectivity index (χ0n) is 13.0. The lowest BCUT2D eigenvalue weighted by atomic mass is 10.0. The van der Waals surface area contributed by atoms with Crippen LogP contribution in [-0.2, 0) is 6.54 Å². The van der Waals surface area contributed by atoms with Crippen molar-refractivity contribution in [1.82, 2.24) is 4.90 Å². The molecule has 0 spiro atoms. The highest BCUT2D eigenvalue weighted by Gasteiger charge is 2.14. The first kappa shape index (κ1) is 15.1. The van der Waals surface area contributed by atoms with Crippen LogP contribution in [0.1, 0.15) is 27.0 Å². The van der Waals surface area contributed by atoms with Crippen LogP contribution in [0.4, 0.5) is 0 Å². The lowest BCUT2D eigenvalue weighted by Gasteiger charge is -2.19. The molecule has 0 aliphatic rings. The van der Waals surface area contributed by atoms with E-state index in [9.17, 15) is 4.79 Å². The third-order valence-corrected chi connectivity index (χ3v) is 3.55. The summed E-state index contributed by atoms with van der Waals surface area (Å²) < 4.78 is 5.14. The van der Waals surface area contributed by atoms with Crippen molar-refractivity contribution in [1.29, 1.82) is 0 Å². The van der Waals surface area contributed by atoms with Gasteiger partial charge in [0, 0.05) is 19.2 Å². The van der Waals surface area contributed by atoms with Gasteiger partial charge in [-0.25, -0.2) is 0 Å². The third kappa shape index (κ3) is 3.63. The summed E-state index contributed by atoms with van der Waals surface area (Å²) in [6.07, 6.45) is 0. The third-order valence-electron chi connectivity index (χ3n) is 3.55. The summed E-state index contributed by atoms with van der Waals surface area (Å²) in [6, 6.07) is 13.7. The molecular weight excluding hydrogens is 262 g/mol. The van der Waals surface area contributed by atoms with Crippen LogP contribution in [-0.4, -0.2) is 25.0 Å². The minimum absolute atomic E-state index is 0.0482. The molecule has 0 saturated carbocycles. The molecule has 0 bridgehead atoms. The Morgan fingerprint density at radius 3 is 2.38 bits per heavy atom. The van der Waals surface area contributed by atoms with E-state index >= 15 is 0 Å². The molecule has 0 aromatic heterocycles. The molecule has 0 atom stereocenters. The van der Waals surface area contributed by atoms with Crippen LogP contribution in [0.3, 0.4) is 0 Å². The summed E-state index contributed by atoms with van der Waals surface area (Å²) in [7, 11) is 3.47. The van der Waals surface area contributed by atoms with Gasteiger partial charge in [-0.15, -0.1) is 0 Å². The summed E-state index contributed by atoms with van der Waals surface area (Å²) in [4.78, 5) is 14.3. The fraction of sp³-hybridized carbons (Fsp3) is 0.278. The zero-order chi connectivity index (χ0) is 15.4. The minimum atomic E-state index is 0.0482. The van der Waals surface area contributed by atoms with Gasteiger partial charge in [0.2, 0.25) is 0 Å². The fourth-order valence-corrected chi connectivity index (χ4v) is 2.25. The second kappa shape index (κ2) is 6.44. The number of benzene rings is 2. The number of aryl methyl sites for hydroxylation is 2. The topological polar surface area (TPSA) is 29.5 Å². The molecule has 0 aliphatic heterocycles. The van der Waals surface area contributed by atoms with Gasteiger partial charge in [0.15, 0.2) is 0 Å². The Balaban J connectivity index is 2.13. The van der Waals surface area contributed by atoms with E-state index in [4.69, 9.17) is 4.74 Å². The van der Waals surface area contributed by atoms with Crippen molar-refractivity contribution in [3.05, 3.63) is 64.7 Å². The number of hydrogen-bond donors (Lipinski definition) is 0.